The average Bonchev–Trinajstić information content (AvgIpc) is 3.35. The number of aliphatic carboxylic acids is 1. The first-order valence-electron chi connectivity index (χ1n) is 12.4. The SMILES string of the molecule is C[C@H](CN[C@H](c1ccccc1)[C@@H]1CNc2cc(-c3cnn(C)c3)cnc2O1)c1cccc(CC(=O)O)c1. The van der Waals surface area contributed by atoms with Crippen molar-refractivity contribution in [1.29, 1.82) is 0 Å². The van der Waals surface area contributed by atoms with E-state index in [1.165, 1.54) is 0 Å². The van der Waals surface area contributed by atoms with Gasteiger partial charge in [-0.1, -0.05) is 61.5 Å². The molecule has 1 aliphatic rings. The Morgan fingerprint density at radius 1 is 1.14 bits per heavy atom. The number of hydrogen-bond acceptors (Lipinski definition) is 6. The fourth-order valence-electron chi connectivity index (χ4n) is 4.71. The number of carboxylic acids is 1. The summed E-state index contributed by atoms with van der Waals surface area (Å²) in [6.07, 6.45) is 5.46. The van der Waals surface area contributed by atoms with Crippen molar-refractivity contribution in [3.8, 4) is 17.0 Å². The van der Waals surface area contributed by atoms with Gasteiger partial charge in [-0.3, -0.25) is 9.48 Å². The molecule has 0 unspecified atom stereocenters. The Morgan fingerprint density at radius 3 is 2.70 bits per heavy atom. The second kappa shape index (κ2) is 10.8. The van der Waals surface area contributed by atoms with Crippen LogP contribution in [0.4, 0.5) is 5.69 Å². The van der Waals surface area contributed by atoms with Gasteiger partial charge in [-0.15, -0.1) is 0 Å². The van der Waals surface area contributed by atoms with Crippen LogP contribution in [0.1, 0.15) is 35.6 Å². The molecule has 8 heteroatoms. The van der Waals surface area contributed by atoms with Gasteiger partial charge in [0, 0.05) is 37.1 Å². The van der Waals surface area contributed by atoms with Crippen molar-refractivity contribution in [3.05, 3.63) is 95.9 Å². The van der Waals surface area contributed by atoms with Crippen LogP contribution < -0.4 is 15.4 Å². The Labute approximate surface area is 216 Å². The molecule has 3 heterocycles. The highest BCUT2D eigenvalue weighted by atomic mass is 16.5. The number of pyridine rings is 1. The summed E-state index contributed by atoms with van der Waals surface area (Å²) in [6, 6.07) is 20.1. The molecule has 0 bridgehead atoms. The van der Waals surface area contributed by atoms with Crippen LogP contribution in [-0.4, -0.2) is 45.0 Å². The van der Waals surface area contributed by atoms with Crippen LogP contribution in [-0.2, 0) is 18.3 Å². The van der Waals surface area contributed by atoms with Crippen LogP contribution in [0.15, 0.2) is 79.3 Å². The largest absolute Gasteiger partial charge is 0.481 e. The molecule has 0 radical (unpaired) electrons. The summed E-state index contributed by atoms with van der Waals surface area (Å²) in [5, 5.41) is 20.6. The highest BCUT2D eigenvalue weighted by Gasteiger charge is 2.30. The second-order valence-electron chi connectivity index (χ2n) is 9.53. The van der Waals surface area contributed by atoms with E-state index < -0.39 is 5.97 Å². The van der Waals surface area contributed by atoms with Gasteiger partial charge in [-0.2, -0.15) is 5.10 Å². The third-order valence-corrected chi connectivity index (χ3v) is 6.70. The number of anilines is 1. The molecule has 8 nitrogen and oxygen atoms in total. The number of benzene rings is 2. The summed E-state index contributed by atoms with van der Waals surface area (Å²) in [6.45, 7) is 3.47. The van der Waals surface area contributed by atoms with Gasteiger partial charge in [0.15, 0.2) is 0 Å². The minimum atomic E-state index is -0.824. The van der Waals surface area contributed by atoms with E-state index in [1.54, 1.807) is 4.68 Å². The number of ether oxygens (including phenoxy) is 1. The molecule has 0 fully saturated rings. The van der Waals surface area contributed by atoms with Crippen molar-refractivity contribution in [2.75, 3.05) is 18.4 Å². The predicted octanol–water partition coefficient (Wildman–Crippen LogP) is 4.42. The molecule has 0 saturated heterocycles. The minimum absolute atomic E-state index is 0.0249. The fourth-order valence-corrected chi connectivity index (χ4v) is 4.71. The van der Waals surface area contributed by atoms with E-state index in [2.05, 4.69) is 39.8 Å². The van der Waals surface area contributed by atoms with Gasteiger partial charge < -0.3 is 20.5 Å². The Morgan fingerprint density at radius 2 is 1.95 bits per heavy atom. The van der Waals surface area contributed by atoms with Gasteiger partial charge in [-0.25, -0.2) is 4.98 Å². The summed E-state index contributed by atoms with van der Waals surface area (Å²) in [7, 11) is 1.89. The molecule has 0 saturated carbocycles. The van der Waals surface area contributed by atoms with E-state index in [9.17, 15) is 4.79 Å². The lowest BCUT2D eigenvalue weighted by Crippen LogP contribution is -2.43. The van der Waals surface area contributed by atoms with Gasteiger partial charge in [0.1, 0.15) is 6.10 Å². The van der Waals surface area contributed by atoms with Crippen LogP contribution in [0.2, 0.25) is 0 Å². The number of nitrogens with one attached hydrogen (secondary N) is 2. The van der Waals surface area contributed by atoms with Crippen LogP contribution in [0.3, 0.4) is 0 Å². The van der Waals surface area contributed by atoms with Crippen LogP contribution >= 0.6 is 0 Å². The lowest BCUT2D eigenvalue weighted by atomic mass is 9.95. The van der Waals surface area contributed by atoms with Crippen LogP contribution in [0, 0.1) is 0 Å². The summed E-state index contributed by atoms with van der Waals surface area (Å²) in [5.41, 5.74) is 5.91. The van der Waals surface area contributed by atoms with Crippen molar-refractivity contribution in [1.82, 2.24) is 20.1 Å². The van der Waals surface area contributed by atoms with Crippen LogP contribution in [0.25, 0.3) is 11.1 Å². The topological polar surface area (TPSA) is 101 Å². The monoisotopic (exact) mass is 497 g/mol. The van der Waals surface area contributed by atoms with Gasteiger partial charge in [0.05, 0.1) is 30.9 Å². The first-order valence-corrected chi connectivity index (χ1v) is 12.4. The van der Waals surface area contributed by atoms with Crippen molar-refractivity contribution in [2.45, 2.75) is 31.4 Å². The maximum atomic E-state index is 11.1. The normalized spacial score (nSPS) is 16.2. The maximum Gasteiger partial charge on any atom is 0.307 e. The zero-order chi connectivity index (χ0) is 25.8. The van der Waals surface area contributed by atoms with E-state index in [0.717, 1.165) is 33.5 Å². The number of carbonyl (C=O) groups is 1. The summed E-state index contributed by atoms with van der Waals surface area (Å²) >= 11 is 0. The third kappa shape index (κ3) is 5.81. The van der Waals surface area contributed by atoms with Gasteiger partial charge in [-0.05, 0) is 28.7 Å². The first-order chi connectivity index (χ1) is 18.0. The van der Waals surface area contributed by atoms with E-state index in [1.807, 2.05) is 74.2 Å². The lowest BCUT2D eigenvalue weighted by Gasteiger charge is -2.34. The highest BCUT2D eigenvalue weighted by Crippen LogP contribution is 2.34. The van der Waals surface area contributed by atoms with Crippen molar-refractivity contribution in [2.24, 2.45) is 7.05 Å². The Bertz CT molecular complexity index is 1370. The van der Waals surface area contributed by atoms with Crippen molar-refractivity contribution in [3.63, 3.8) is 0 Å². The number of carboxylic acid groups (broad SMARTS) is 1. The van der Waals surface area contributed by atoms with Gasteiger partial charge in [0.2, 0.25) is 5.88 Å². The molecular weight excluding hydrogens is 466 g/mol. The zero-order valence-corrected chi connectivity index (χ0v) is 21.0. The minimum Gasteiger partial charge on any atom is -0.481 e. The number of fused-ring (bicyclic) bond motifs is 1. The number of hydrogen-bond donors (Lipinski definition) is 3. The maximum absolute atomic E-state index is 11.1. The molecule has 1 aliphatic heterocycles. The number of aryl methyl sites for hydroxylation is 1. The standard InChI is InChI=1S/C29H31N5O3/c1-19(22-10-6-7-20(11-22)12-27(35)36)14-31-28(21-8-4-3-5-9-21)26-17-30-25-13-23(15-32-29(25)37-26)24-16-33-34(2)18-24/h3-11,13,15-16,18-19,26,28,30-31H,12,14,17H2,1-2H3,(H,35,36)/t19-,26+,28-/m1/s1. The molecule has 2 aromatic carbocycles. The fraction of sp³-hybridized carbons (Fsp3) is 0.276. The Hall–Kier alpha value is -4.17. The first kappa shape index (κ1) is 24.5. The second-order valence-corrected chi connectivity index (χ2v) is 9.53. The van der Waals surface area contributed by atoms with E-state index >= 15 is 0 Å². The number of nitrogens with zero attached hydrogens (tertiary/aromatic N) is 3. The molecule has 0 spiro atoms. The van der Waals surface area contributed by atoms with E-state index in [0.29, 0.717) is 19.0 Å². The van der Waals surface area contributed by atoms with Gasteiger partial charge in [0.25, 0.3) is 0 Å². The number of aromatic nitrogens is 3. The summed E-state index contributed by atoms with van der Waals surface area (Å²) in [4.78, 5) is 15.7. The van der Waals surface area contributed by atoms with E-state index in [4.69, 9.17) is 9.84 Å². The zero-order valence-electron chi connectivity index (χ0n) is 21.0. The molecular formula is C29H31N5O3. The van der Waals surface area contributed by atoms with Gasteiger partial charge >= 0.3 is 5.97 Å². The van der Waals surface area contributed by atoms with Crippen LogP contribution in [0.5, 0.6) is 5.88 Å². The van der Waals surface area contributed by atoms with Crippen molar-refractivity contribution >= 4 is 11.7 Å². The van der Waals surface area contributed by atoms with E-state index in [-0.39, 0.29) is 24.5 Å². The molecule has 3 atom stereocenters. The highest BCUT2D eigenvalue weighted by molar-refractivity contribution is 5.70. The molecule has 190 valence electrons. The third-order valence-electron chi connectivity index (χ3n) is 6.70. The summed E-state index contributed by atoms with van der Waals surface area (Å²) in [5.74, 6) is -0.0551. The molecule has 37 heavy (non-hydrogen) atoms. The average molecular weight is 498 g/mol. The number of rotatable bonds is 9. The molecule has 5 rings (SSSR count). The Balaban J connectivity index is 1.32. The molecule has 3 N–H and O–H groups in total. The molecule has 0 amide bonds. The lowest BCUT2D eigenvalue weighted by molar-refractivity contribution is -0.136. The molecule has 0 aliphatic carbocycles. The molecule has 4 aromatic rings. The predicted molar refractivity (Wildman–Crippen MR) is 143 cm³/mol. The van der Waals surface area contributed by atoms with Crippen molar-refractivity contribution < 1.29 is 14.6 Å². The molecule has 2 aromatic heterocycles. The summed E-state index contributed by atoms with van der Waals surface area (Å²) < 4.78 is 8.20. The smallest absolute Gasteiger partial charge is 0.307 e. The quantitative estimate of drug-likeness (QED) is 0.315. The Kier molecular flexibility index (Phi) is 7.18.